The van der Waals surface area contributed by atoms with Crippen molar-refractivity contribution in [2.45, 2.75) is 6.54 Å². The lowest BCUT2D eigenvalue weighted by atomic mass is 10.1. The smallest absolute Gasteiger partial charge is 0.340 e. The fourth-order valence-corrected chi connectivity index (χ4v) is 1.64. The minimum atomic E-state index is -0.435. The minimum absolute atomic E-state index is 0.0758. The maximum atomic E-state index is 11.6. The first-order valence-electron chi connectivity index (χ1n) is 5.35. The van der Waals surface area contributed by atoms with Gasteiger partial charge in [-0.25, -0.2) is 4.79 Å². The summed E-state index contributed by atoms with van der Waals surface area (Å²) in [7, 11) is 3.19. The number of carbonyl (C=O) groups excluding carboxylic acids is 1. The number of methoxy groups -OCH3 is 1. The summed E-state index contributed by atoms with van der Waals surface area (Å²) < 4.78 is 4.71. The Kier molecular flexibility index (Phi) is 4.93. The second-order valence-electron chi connectivity index (χ2n) is 3.83. The average Bonchev–Trinajstić information content (AvgIpc) is 2.28. The van der Waals surface area contributed by atoms with Crippen molar-refractivity contribution in [2.24, 2.45) is 0 Å². The molecule has 17 heavy (non-hydrogen) atoms. The maximum absolute atomic E-state index is 11.6. The van der Waals surface area contributed by atoms with Gasteiger partial charge in [-0.15, -0.1) is 0 Å². The summed E-state index contributed by atoms with van der Waals surface area (Å²) in [5.74, 6) is -0.435. The number of aliphatic hydroxyl groups excluding tert-OH is 1. The molecule has 94 valence electrons. The number of nitrogen functional groups attached to an aromatic ring is 1. The largest absolute Gasteiger partial charge is 0.465 e. The summed E-state index contributed by atoms with van der Waals surface area (Å²) >= 11 is 0. The van der Waals surface area contributed by atoms with Crippen molar-refractivity contribution in [3.8, 4) is 0 Å². The first-order valence-corrected chi connectivity index (χ1v) is 5.35. The van der Waals surface area contributed by atoms with E-state index >= 15 is 0 Å². The van der Waals surface area contributed by atoms with Crippen LogP contribution in [-0.4, -0.2) is 43.3 Å². The van der Waals surface area contributed by atoms with Crippen LogP contribution in [0.1, 0.15) is 15.9 Å². The topological polar surface area (TPSA) is 75.8 Å². The number of carbonyl (C=O) groups is 1. The van der Waals surface area contributed by atoms with E-state index in [1.165, 1.54) is 7.11 Å². The van der Waals surface area contributed by atoms with Crippen LogP contribution in [0.5, 0.6) is 0 Å². The number of nitrogens with zero attached hydrogens (tertiary/aromatic N) is 1. The van der Waals surface area contributed by atoms with Crippen molar-refractivity contribution in [3.05, 3.63) is 29.3 Å². The first-order chi connectivity index (χ1) is 8.10. The normalized spacial score (nSPS) is 10.6. The highest BCUT2D eigenvalue weighted by atomic mass is 16.5. The Labute approximate surface area is 101 Å². The van der Waals surface area contributed by atoms with E-state index in [2.05, 4.69) is 0 Å². The van der Waals surface area contributed by atoms with Gasteiger partial charge in [0.1, 0.15) is 0 Å². The Balaban J connectivity index is 2.98. The molecule has 0 saturated heterocycles. The third-order valence-electron chi connectivity index (χ3n) is 2.49. The molecule has 0 amide bonds. The Morgan fingerprint density at radius 1 is 1.53 bits per heavy atom. The van der Waals surface area contributed by atoms with Crippen molar-refractivity contribution in [2.75, 3.05) is 33.0 Å². The van der Waals surface area contributed by atoms with Crippen LogP contribution in [0.25, 0.3) is 0 Å². The number of likely N-dealkylation sites (N-methyl/N-ethyl adjacent to an activating group) is 1. The second-order valence-corrected chi connectivity index (χ2v) is 3.83. The van der Waals surface area contributed by atoms with E-state index in [0.717, 1.165) is 5.56 Å². The molecule has 0 atom stereocenters. The molecule has 0 bridgehead atoms. The molecule has 0 heterocycles. The standard InChI is InChI=1S/C12H18N2O3/c1-14(6-7-15)8-9-4-3-5-10(13)11(9)12(16)17-2/h3-5,15H,6-8,13H2,1-2H3. The number of hydrogen-bond acceptors (Lipinski definition) is 5. The summed E-state index contributed by atoms with van der Waals surface area (Å²) in [6.45, 7) is 1.15. The number of aliphatic hydroxyl groups is 1. The molecule has 0 aliphatic rings. The quantitative estimate of drug-likeness (QED) is 0.576. The lowest BCUT2D eigenvalue weighted by Gasteiger charge is -2.17. The molecule has 0 radical (unpaired) electrons. The summed E-state index contributed by atoms with van der Waals surface area (Å²) in [5, 5.41) is 8.84. The van der Waals surface area contributed by atoms with Gasteiger partial charge in [-0.1, -0.05) is 12.1 Å². The first kappa shape index (κ1) is 13.5. The van der Waals surface area contributed by atoms with Crippen molar-refractivity contribution in [1.82, 2.24) is 4.90 Å². The molecule has 1 aromatic carbocycles. The zero-order chi connectivity index (χ0) is 12.8. The van der Waals surface area contributed by atoms with E-state index in [1.54, 1.807) is 12.1 Å². The summed E-state index contributed by atoms with van der Waals surface area (Å²) in [6, 6.07) is 5.29. The molecule has 1 rings (SSSR count). The fourth-order valence-electron chi connectivity index (χ4n) is 1.64. The Morgan fingerprint density at radius 2 is 2.24 bits per heavy atom. The average molecular weight is 238 g/mol. The molecule has 0 aliphatic heterocycles. The summed E-state index contributed by atoms with van der Waals surface area (Å²) in [6.07, 6.45) is 0. The molecule has 0 saturated carbocycles. The SMILES string of the molecule is COC(=O)c1c(N)cccc1CN(C)CCO. The highest BCUT2D eigenvalue weighted by Crippen LogP contribution is 2.19. The van der Waals surface area contributed by atoms with Crippen LogP contribution in [0.15, 0.2) is 18.2 Å². The van der Waals surface area contributed by atoms with Gasteiger partial charge >= 0.3 is 5.97 Å². The van der Waals surface area contributed by atoms with Crippen LogP contribution in [-0.2, 0) is 11.3 Å². The highest BCUT2D eigenvalue weighted by Gasteiger charge is 2.16. The fraction of sp³-hybridized carbons (Fsp3) is 0.417. The molecule has 1 aromatic rings. The Morgan fingerprint density at radius 3 is 2.82 bits per heavy atom. The molecule has 0 spiro atoms. The molecular formula is C12H18N2O3. The van der Waals surface area contributed by atoms with Gasteiger partial charge in [-0.05, 0) is 18.7 Å². The van der Waals surface area contributed by atoms with Gasteiger partial charge in [0.15, 0.2) is 0 Å². The Hall–Kier alpha value is -1.59. The molecule has 0 aliphatic carbocycles. The van der Waals surface area contributed by atoms with Crippen molar-refractivity contribution in [1.29, 1.82) is 0 Å². The van der Waals surface area contributed by atoms with Crippen LogP contribution in [0, 0.1) is 0 Å². The van der Waals surface area contributed by atoms with E-state index in [9.17, 15) is 4.79 Å². The van der Waals surface area contributed by atoms with Gasteiger partial charge in [-0.3, -0.25) is 4.90 Å². The molecular weight excluding hydrogens is 220 g/mol. The van der Waals surface area contributed by atoms with Gasteiger partial charge in [0.2, 0.25) is 0 Å². The Bertz CT molecular complexity index is 393. The predicted molar refractivity (Wildman–Crippen MR) is 65.6 cm³/mol. The number of ether oxygens (including phenoxy) is 1. The van der Waals surface area contributed by atoms with Gasteiger partial charge < -0.3 is 15.6 Å². The summed E-state index contributed by atoms with van der Waals surface area (Å²) in [4.78, 5) is 13.5. The van der Waals surface area contributed by atoms with Gasteiger partial charge in [0.25, 0.3) is 0 Å². The van der Waals surface area contributed by atoms with Crippen LogP contribution in [0.3, 0.4) is 0 Å². The van der Waals surface area contributed by atoms with Gasteiger partial charge in [0, 0.05) is 18.8 Å². The lowest BCUT2D eigenvalue weighted by Crippen LogP contribution is -2.23. The van der Waals surface area contributed by atoms with Crippen LogP contribution in [0.2, 0.25) is 0 Å². The van der Waals surface area contributed by atoms with Gasteiger partial charge in [-0.2, -0.15) is 0 Å². The van der Waals surface area contributed by atoms with Crippen molar-refractivity contribution in [3.63, 3.8) is 0 Å². The van der Waals surface area contributed by atoms with E-state index in [0.29, 0.717) is 24.3 Å². The van der Waals surface area contributed by atoms with E-state index in [4.69, 9.17) is 15.6 Å². The predicted octanol–water partition coefficient (Wildman–Crippen LogP) is 0.480. The molecule has 5 nitrogen and oxygen atoms in total. The zero-order valence-corrected chi connectivity index (χ0v) is 10.1. The third kappa shape index (κ3) is 3.44. The number of anilines is 1. The number of rotatable bonds is 5. The molecule has 5 heteroatoms. The highest BCUT2D eigenvalue weighted by molar-refractivity contribution is 5.96. The van der Waals surface area contributed by atoms with Crippen molar-refractivity contribution < 1.29 is 14.6 Å². The maximum Gasteiger partial charge on any atom is 0.340 e. The number of benzene rings is 1. The van der Waals surface area contributed by atoms with Crippen molar-refractivity contribution >= 4 is 11.7 Å². The number of esters is 1. The molecule has 0 unspecified atom stereocenters. The molecule has 0 aromatic heterocycles. The van der Waals surface area contributed by atoms with E-state index < -0.39 is 5.97 Å². The third-order valence-corrected chi connectivity index (χ3v) is 2.49. The lowest BCUT2D eigenvalue weighted by molar-refractivity contribution is 0.0599. The van der Waals surface area contributed by atoms with E-state index in [-0.39, 0.29) is 6.61 Å². The van der Waals surface area contributed by atoms with E-state index in [1.807, 2.05) is 18.0 Å². The number of nitrogens with two attached hydrogens (primary N) is 1. The number of hydrogen-bond donors (Lipinski definition) is 2. The summed E-state index contributed by atoms with van der Waals surface area (Å²) in [5.41, 5.74) is 7.39. The minimum Gasteiger partial charge on any atom is -0.465 e. The second kappa shape index (κ2) is 6.22. The van der Waals surface area contributed by atoms with Gasteiger partial charge in [0.05, 0.1) is 19.3 Å². The van der Waals surface area contributed by atoms with Crippen LogP contribution >= 0.6 is 0 Å². The monoisotopic (exact) mass is 238 g/mol. The molecule has 3 N–H and O–H groups in total. The van der Waals surface area contributed by atoms with Crippen LogP contribution in [0.4, 0.5) is 5.69 Å². The molecule has 0 fully saturated rings. The zero-order valence-electron chi connectivity index (χ0n) is 10.1. The van der Waals surface area contributed by atoms with Crippen LogP contribution < -0.4 is 5.73 Å².